The van der Waals surface area contributed by atoms with E-state index in [1.807, 2.05) is 0 Å². The number of nitrogens with zero attached hydrogens (tertiary/aromatic N) is 3. The second-order valence-electron chi connectivity index (χ2n) is 4.64. The van der Waals surface area contributed by atoms with E-state index in [2.05, 4.69) is 26.0 Å². The molecule has 3 N–H and O–H groups in total. The van der Waals surface area contributed by atoms with E-state index < -0.39 is 11.8 Å². The molecule has 0 atom stereocenters. The number of pyridine rings is 1. The Morgan fingerprint density at radius 2 is 1.75 bits per heavy atom. The molecule has 0 aliphatic heterocycles. The fourth-order valence-electron chi connectivity index (χ4n) is 1.75. The van der Waals surface area contributed by atoms with Gasteiger partial charge < -0.3 is 10.5 Å². The molecule has 122 valence electrons. The molecule has 8 nitrogen and oxygen atoms in total. The number of hydrogen-bond donors (Lipinski definition) is 3. The molecule has 0 aliphatic carbocycles. The molecular formula is C16H15N5O3. The molecule has 0 radical (unpaired) electrons. The van der Waals surface area contributed by atoms with E-state index in [1.54, 1.807) is 30.3 Å². The largest absolute Gasteiger partial charge is 0.410 e. The first-order chi connectivity index (χ1) is 11.6. The van der Waals surface area contributed by atoms with Gasteiger partial charge >= 0.3 is 0 Å². The van der Waals surface area contributed by atoms with Crippen LogP contribution in [0.15, 0.2) is 65.1 Å². The number of carbonyl (C=O) groups excluding carboxylic acids is 2. The molecule has 0 saturated heterocycles. The maximum Gasteiger partial charge on any atom is 0.279 e. The van der Waals surface area contributed by atoms with Crippen LogP contribution in [0.25, 0.3) is 0 Å². The number of carbonyl (C=O) groups is 2. The summed E-state index contributed by atoms with van der Waals surface area (Å²) in [5, 5.41) is 18.3. The van der Waals surface area contributed by atoms with Gasteiger partial charge in [0.1, 0.15) is 0 Å². The average molecular weight is 325 g/mol. The smallest absolute Gasteiger partial charge is 0.279 e. The van der Waals surface area contributed by atoms with Crippen LogP contribution in [0.1, 0.15) is 17.3 Å². The topological polar surface area (TPSA) is 116 Å². The molecule has 8 heteroatoms. The second-order valence-corrected chi connectivity index (χ2v) is 4.64. The van der Waals surface area contributed by atoms with Gasteiger partial charge in [-0.3, -0.25) is 14.6 Å². The summed E-state index contributed by atoms with van der Waals surface area (Å²) < 4.78 is 0. The van der Waals surface area contributed by atoms with Crippen LogP contribution < -0.4 is 10.7 Å². The summed E-state index contributed by atoms with van der Waals surface area (Å²) in [5.41, 5.74) is 2.92. The van der Waals surface area contributed by atoms with Crippen molar-refractivity contribution in [2.24, 2.45) is 10.3 Å². The monoisotopic (exact) mass is 325 g/mol. The van der Waals surface area contributed by atoms with Crippen LogP contribution >= 0.6 is 0 Å². The number of para-hydroxylation sites is 1. The van der Waals surface area contributed by atoms with E-state index >= 15 is 0 Å². The summed E-state index contributed by atoms with van der Waals surface area (Å²) in [6, 6.07) is 11.7. The Labute approximate surface area is 137 Å². The number of hydrogen-bond acceptors (Lipinski definition) is 6. The highest BCUT2D eigenvalue weighted by Gasteiger charge is 2.16. The summed E-state index contributed by atoms with van der Waals surface area (Å²) in [6.45, 7) is 1.44. The van der Waals surface area contributed by atoms with Crippen LogP contribution in [0, 0.1) is 0 Å². The van der Waals surface area contributed by atoms with Crippen molar-refractivity contribution in [3.63, 3.8) is 0 Å². The highest BCUT2D eigenvalue weighted by molar-refractivity contribution is 6.68. The third-order valence-electron chi connectivity index (χ3n) is 2.96. The molecule has 1 aromatic carbocycles. The number of oxime groups is 1. The molecule has 1 heterocycles. The maximum absolute atomic E-state index is 12.1. The van der Waals surface area contributed by atoms with Gasteiger partial charge in [0.2, 0.25) is 0 Å². The number of amides is 2. The predicted molar refractivity (Wildman–Crippen MR) is 89.1 cm³/mol. The van der Waals surface area contributed by atoms with Crippen molar-refractivity contribution >= 4 is 28.9 Å². The van der Waals surface area contributed by atoms with Gasteiger partial charge in [-0.1, -0.05) is 23.4 Å². The lowest BCUT2D eigenvalue weighted by atomic mass is 10.2. The van der Waals surface area contributed by atoms with Crippen LogP contribution in [0.2, 0.25) is 0 Å². The lowest BCUT2D eigenvalue weighted by Gasteiger charge is -2.06. The Bertz CT molecular complexity index is 773. The van der Waals surface area contributed by atoms with Crippen LogP contribution in [0.4, 0.5) is 5.69 Å². The van der Waals surface area contributed by atoms with Gasteiger partial charge in [0.25, 0.3) is 11.8 Å². The number of rotatable bonds is 5. The van der Waals surface area contributed by atoms with Gasteiger partial charge in [-0.15, -0.1) is 0 Å². The maximum atomic E-state index is 12.1. The Morgan fingerprint density at radius 1 is 1.08 bits per heavy atom. The van der Waals surface area contributed by atoms with Crippen molar-refractivity contribution in [3.8, 4) is 0 Å². The molecule has 2 amide bonds. The first-order valence-electron chi connectivity index (χ1n) is 6.95. The molecule has 0 saturated carbocycles. The van der Waals surface area contributed by atoms with Gasteiger partial charge in [0.15, 0.2) is 5.71 Å². The van der Waals surface area contributed by atoms with Crippen molar-refractivity contribution in [2.45, 2.75) is 6.92 Å². The molecule has 0 aliphatic rings. The van der Waals surface area contributed by atoms with E-state index in [4.69, 9.17) is 5.21 Å². The zero-order chi connectivity index (χ0) is 17.4. The number of nitrogens with one attached hydrogen (secondary N) is 2. The summed E-state index contributed by atoms with van der Waals surface area (Å²) in [7, 11) is 0. The standard InChI is InChI=1S/C16H15N5O3/c1-11(19-20-15(22)12-7-9-17-10-8-12)14(21-24)16(23)18-13-5-3-2-4-6-13/h2-10,24H,1H3,(H,18,23)(H,20,22)/b19-11+,21-14-. The second kappa shape index (κ2) is 8.18. The summed E-state index contributed by atoms with van der Waals surface area (Å²) in [4.78, 5) is 27.8. The van der Waals surface area contributed by atoms with Gasteiger partial charge in [0, 0.05) is 23.6 Å². The van der Waals surface area contributed by atoms with Crippen molar-refractivity contribution in [1.29, 1.82) is 0 Å². The quantitative estimate of drug-likeness (QED) is 0.440. The molecule has 0 fully saturated rings. The molecule has 24 heavy (non-hydrogen) atoms. The molecular weight excluding hydrogens is 310 g/mol. The number of aromatic nitrogens is 1. The summed E-state index contributed by atoms with van der Waals surface area (Å²) in [6.07, 6.45) is 2.94. The molecule has 0 bridgehead atoms. The molecule has 2 rings (SSSR count). The fraction of sp³-hybridized carbons (Fsp3) is 0.0625. The van der Waals surface area contributed by atoms with Crippen molar-refractivity contribution in [3.05, 3.63) is 60.4 Å². The Kier molecular flexibility index (Phi) is 5.73. The van der Waals surface area contributed by atoms with Gasteiger partial charge in [-0.2, -0.15) is 5.10 Å². The Balaban J connectivity index is 2.04. The predicted octanol–water partition coefficient (Wildman–Crippen LogP) is 1.66. The summed E-state index contributed by atoms with van der Waals surface area (Å²) in [5.74, 6) is -1.12. The van der Waals surface area contributed by atoms with Gasteiger partial charge in [-0.05, 0) is 31.2 Å². The Hall–Kier alpha value is -3.55. The number of anilines is 1. The van der Waals surface area contributed by atoms with E-state index in [0.29, 0.717) is 11.3 Å². The zero-order valence-corrected chi connectivity index (χ0v) is 12.8. The van der Waals surface area contributed by atoms with E-state index in [9.17, 15) is 9.59 Å². The van der Waals surface area contributed by atoms with Gasteiger partial charge in [0.05, 0.1) is 5.71 Å². The van der Waals surface area contributed by atoms with E-state index in [1.165, 1.54) is 31.5 Å². The Morgan fingerprint density at radius 3 is 2.38 bits per heavy atom. The van der Waals surface area contributed by atoms with Crippen molar-refractivity contribution < 1.29 is 14.8 Å². The van der Waals surface area contributed by atoms with Crippen LogP contribution in [0.5, 0.6) is 0 Å². The highest BCUT2D eigenvalue weighted by Crippen LogP contribution is 2.05. The van der Waals surface area contributed by atoms with Crippen LogP contribution in [-0.2, 0) is 4.79 Å². The van der Waals surface area contributed by atoms with Crippen LogP contribution in [-0.4, -0.2) is 33.4 Å². The minimum Gasteiger partial charge on any atom is -0.410 e. The zero-order valence-electron chi connectivity index (χ0n) is 12.8. The highest BCUT2D eigenvalue weighted by atomic mass is 16.4. The third-order valence-corrected chi connectivity index (χ3v) is 2.96. The lowest BCUT2D eigenvalue weighted by molar-refractivity contribution is -0.110. The molecule has 2 aromatic rings. The fourth-order valence-corrected chi connectivity index (χ4v) is 1.75. The molecule has 0 spiro atoms. The SMILES string of the molecule is CC(=N\NC(=O)c1ccncc1)/C(=N/O)C(=O)Nc1ccccc1. The van der Waals surface area contributed by atoms with Gasteiger partial charge in [-0.25, -0.2) is 5.43 Å². The van der Waals surface area contributed by atoms with E-state index in [-0.39, 0.29) is 11.4 Å². The number of benzene rings is 1. The molecule has 0 unspecified atom stereocenters. The molecule has 1 aromatic heterocycles. The first kappa shape index (κ1) is 16.8. The normalized spacial score (nSPS) is 11.7. The minimum atomic E-state index is -0.650. The van der Waals surface area contributed by atoms with Crippen molar-refractivity contribution in [1.82, 2.24) is 10.4 Å². The average Bonchev–Trinajstić information content (AvgIpc) is 2.62. The van der Waals surface area contributed by atoms with E-state index in [0.717, 1.165) is 0 Å². The summed E-state index contributed by atoms with van der Waals surface area (Å²) >= 11 is 0. The minimum absolute atomic E-state index is 0.0494. The third kappa shape index (κ3) is 4.47. The van der Waals surface area contributed by atoms with Crippen LogP contribution in [0.3, 0.4) is 0 Å². The lowest BCUT2D eigenvalue weighted by Crippen LogP contribution is -2.31. The van der Waals surface area contributed by atoms with Crippen molar-refractivity contribution in [2.75, 3.05) is 5.32 Å². The first-order valence-corrected chi connectivity index (χ1v) is 6.95. The number of hydrazone groups is 1.